The number of hydrogen-bond acceptors (Lipinski definition) is 8. The Morgan fingerprint density at radius 2 is 2.00 bits per heavy atom. The Morgan fingerprint density at radius 3 is 2.81 bits per heavy atom. The van der Waals surface area contributed by atoms with Crippen LogP contribution in [0.3, 0.4) is 0 Å². The molecule has 0 aliphatic carbocycles. The van der Waals surface area contributed by atoms with Crippen LogP contribution in [0.2, 0.25) is 0 Å². The van der Waals surface area contributed by atoms with E-state index in [9.17, 15) is 9.59 Å². The molecule has 0 atom stereocenters. The van der Waals surface area contributed by atoms with Crippen molar-refractivity contribution in [3.05, 3.63) is 47.8 Å². The first kappa shape index (κ1) is 28.9. The third-order valence-electron chi connectivity index (χ3n) is 6.62. The van der Waals surface area contributed by atoms with E-state index >= 15 is 0 Å². The number of pyridine rings is 1. The monoisotopic (exact) mass is 575 g/mol. The molecule has 0 unspecified atom stereocenters. The molecule has 0 saturated carbocycles. The van der Waals surface area contributed by atoms with Crippen LogP contribution in [0, 0.1) is 6.92 Å². The molecule has 222 valence electrons. The summed E-state index contributed by atoms with van der Waals surface area (Å²) in [7, 11) is 1.83. The number of carbonyl (C=O) groups excluding carboxylic acids is 2. The summed E-state index contributed by atoms with van der Waals surface area (Å²) < 4.78 is 21.2. The Balaban J connectivity index is 1.43. The van der Waals surface area contributed by atoms with Crippen molar-refractivity contribution in [2.24, 2.45) is 7.05 Å². The second-order valence-corrected chi connectivity index (χ2v) is 11.2. The number of nitrogens with zero attached hydrogens (tertiary/aromatic N) is 5. The number of para-hydroxylation sites is 1. The molecule has 0 fully saturated rings. The zero-order valence-electron chi connectivity index (χ0n) is 24.7. The van der Waals surface area contributed by atoms with Gasteiger partial charge in [-0.25, -0.2) is 14.5 Å². The molecule has 12 heteroatoms. The van der Waals surface area contributed by atoms with Gasteiger partial charge in [0.2, 0.25) is 11.8 Å². The molecule has 1 aromatic carbocycles. The van der Waals surface area contributed by atoms with Gasteiger partial charge in [0.05, 0.1) is 36.1 Å². The number of fused-ring (bicyclic) bond motifs is 7. The minimum Gasteiger partial charge on any atom is -0.489 e. The molecule has 2 bridgehead atoms. The van der Waals surface area contributed by atoms with Gasteiger partial charge in [-0.1, -0.05) is 6.07 Å². The standard InChI is InChI=1S/C30H37N7O5/c1-19-16-20-17-23(33-19)21-18-32-36(5)27(21)41-14-8-6-7-13-37-25-22(34-28(37)35-26(20)38)10-9-11-24(25)40-15-12-31-29(39)42-30(2,3)4/h9-11,16-18H,6-8,12-15H2,1-5H3,(H,31,39)(H,34,35,38). The highest BCUT2D eigenvalue weighted by atomic mass is 16.6. The van der Waals surface area contributed by atoms with E-state index in [0.717, 1.165) is 30.3 Å². The predicted molar refractivity (Wildman–Crippen MR) is 158 cm³/mol. The molecule has 0 radical (unpaired) electrons. The molecule has 5 rings (SSSR count). The van der Waals surface area contributed by atoms with E-state index < -0.39 is 11.7 Å². The van der Waals surface area contributed by atoms with Crippen molar-refractivity contribution in [1.82, 2.24) is 29.6 Å². The summed E-state index contributed by atoms with van der Waals surface area (Å²) in [4.78, 5) is 35.0. The quantitative estimate of drug-likeness (QED) is 0.330. The maximum absolute atomic E-state index is 13.6. The summed E-state index contributed by atoms with van der Waals surface area (Å²) in [5, 5.41) is 10.1. The van der Waals surface area contributed by atoms with E-state index in [0.29, 0.717) is 53.2 Å². The molecular formula is C30H37N7O5. The van der Waals surface area contributed by atoms with Crippen molar-refractivity contribution < 1.29 is 23.8 Å². The second-order valence-electron chi connectivity index (χ2n) is 11.2. The molecule has 3 aromatic heterocycles. The van der Waals surface area contributed by atoms with Crippen molar-refractivity contribution in [2.45, 2.75) is 59.1 Å². The topological polar surface area (TPSA) is 134 Å². The normalized spacial score (nSPS) is 14.1. The number of rotatable bonds is 4. The number of imidazole rings is 1. The van der Waals surface area contributed by atoms with Gasteiger partial charge >= 0.3 is 6.09 Å². The molecule has 1 aliphatic rings. The molecule has 1 aliphatic heterocycles. The van der Waals surface area contributed by atoms with Crippen LogP contribution in [0.1, 0.15) is 56.1 Å². The van der Waals surface area contributed by atoms with E-state index in [2.05, 4.69) is 20.7 Å². The minimum atomic E-state index is -0.578. The van der Waals surface area contributed by atoms with Crippen LogP contribution < -0.4 is 20.1 Å². The molecule has 0 saturated heterocycles. The van der Waals surface area contributed by atoms with Crippen molar-refractivity contribution in [1.29, 1.82) is 0 Å². The summed E-state index contributed by atoms with van der Waals surface area (Å²) in [5.41, 5.74) is 3.38. The van der Waals surface area contributed by atoms with Gasteiger partial charge in [-0.15, -0.1) is 0 Å². The van der Waals surface area contributed by atoms with E-state index in [1.54, 1.807) is 23.0 Å². The molecule has 12 nitrogen and oxygen atoms in total. The molecule has 4 heterocycles. The molecule has 4 aromatic rings. The third-order valence-corrected chi connectivity index (χ3v) is 6.62. The third kappa shape index (κ3) is 6.64. The van der Waals surface area contributed by atoms with Crippen molar-refractivity contribution in [2.75, 3.05) is 25.1 Å². The molecule has 2 amide bonds. The summed E-state index contributed by atoms with van der Waals surface area (Å²) in [6.45, 7) is 8.93. The molecular weight excluding hydrogens is 538 g/mol. The number of aromatic nitrogens is 5. The second kappa shape index (κ2) is 12.1. The number of anilines is 1. The fourth-order valence-electron chi connectivity index (χ4n) is 4.81. The van der Waals surface area contributed by atoms with Crippen molar-refractivity contribution in [3.8, 4) is 22.9 Å². The van der Waals surface area contributed by atoms with Gasteiger partial charge in [-0.2, -0.15) is 5.10 Å². The largest absolute Gasteiger partial charge is 0.489 e. The van der Waals surface area contributed by atoms with Crippen LogP contribution >= 0.6 is 0 Å². The first-order valence-electron chi connectivity index (χ1n) is 14.1. The minimum absolute atomic E-state index is 0.233. The van der Waals surface area contributed by atoms with Crippen LogP contribution in [0.5, 0.6) is 11.6 Å². The Bertz CT molecular complexity index is 1600. The van der Waals surface area contributed by atoms with Crippen molar-refractivity contribution in [3.63, 3.8) is 0 Å². The van der Waals surface area contributed by atoms with Crippen molar-refractivity contribution >= 4 is 29.0 Å². The highest BCUT2D eigenvalue weighted by molar-refractivity contribution is 6.05. The number of nitrogens with one attached hydrogen (secondary N) is 2. The summed E-state index contributed by atoms with van der Waals surface area (Å²) in [6.07, 6.45) is 3.78. The van der Waals surface area contributed by atoms with Crippen LogP contribution in [0.25, 0.3) is 22.3 Å². The van der Waals surface area contributed by atoms with E-state index in [-0.39, 0.29) is 19.1 Å². The Hall–Kier alpha value is -4.61. The van der Waals surface area contributed by atoms with E-state index in [1.165, 1.54) is 0 Å². The van der Waals surface area contributed by atoms with E-state index in [4.69, 9.17) is 19.2 Å². The summed E-state index contributed by atoms with van der Waals surface area (Å²) in [6, 6.07) is 9.09. The van der Waals surface area contributed by atoms with Crippen LogP contribution in [0.4, 0.5) is 10.7 Å². The van der Waals surface area contributed by atoms with Crippen LogP contribution in [-0.2, 0) is 18.3 Å². The Kier molecular flexibility index (Phi) is 8.32. The number of hydrogen-bond donors (Lipinski definition) is 2. The SMILES string of the molecule is Cc1cc2cc(n1)-c1cnn(C)c1OCCCCCn1c(nc3cccc(OCCNC(=O)OC(C)(C)C)c31)NC2=O. The summed E-state index contributed by atoms with van der Waals surface area (Å²) in [5.74, 6) is 1.36. The zero-order valence-corrected chi connectivity index (χ0v) is 24.7. The van der Waals surface area contributed by atoms with Gasteiger partial charge < -0.3 is 24.1 Å². The van der Waals surface area contributed by atoms with Crippen LogP contribution in [-0.4, -0.2) is 61.7 Å². The first-order valence-corrected chi connectivity index (χ1v) is 14.1. The van der Waals surface area contributed by atoms with Gasteiger partial charge in [-0.3, -0.25) is 15.1 Å². The number of carbonyl (C=O) groups is 2. The number of ether oxygens (including phenoxy) is 3. The fraction of sp³-hybridized carbons (Fsp3) is 0.433. The average Bonchev–Trinajstić information content (AvgIpc) is 3.46. The van der Waals surface area contributed by atoms with Gasteiger partial charge in [0.15, 0.2) is 0 Å². The smallest absolute Gasteiger partial charge is 0.407 e. The van der Waals surface area contributed by atoms with Gasteiger partial charge in [0, 0.05) is 24.8 Å². The lowest BCUT2D eigenvalue weighted by molar-refractivity contribution is 0.0520. The fourth-order valence-corrected chi connectivity index (χ4v) is 4.81. The Labute approximate surface area is 244 Å². The van der Waals surface area contributed by atoms with E-state index in [1.807, 2.05) is 57.5 Å². The highest BCUT2D eigenvalue weighted by Crippen LogP contribution is 2.32. The first-order chi connectivity index (χ1) is 20.1. The Morgan fingerprint density at radius 1 is 1.17 bits per heavy atom. The van der Waals surface area contributed by atoms with Gasteiger partial charge in [0.1, 0.15) is 23.5 Å². The number of alkyl carbamates (subject to hydrolysis) is 1. The molecule has 0 spiro atoms. The number of benzene rings is 1. The van der Waals surface area contributed by atoms with Gasteiger partial charge in [0.25, 0.3) is 5.91 Å². The number of aryl methyl sites for hydroxylation is 3. The van der Waals surface area contributed by atoms with Crippen LogP contribution in [0.15, 0.2) is 36.5 Å². The maximum Gasteiger partial charge on any atom is 0.407 e. The van der Waals surface area contributed by atoms with Gasteiger partial charge in [-0.05, 0) is 71.2 Å². The zero-order chi connectivity index (χ0) is 29.9. The summed E-state index contributed by atoms with van der Waals surface area (Å²) >= 11 is 0. The maximum atomic E-state index is 13.6. The lowest BCUT2D eigenvalue weighted by Gasteiger charge is -2.19. The molecule has 2 N–H and O–H groups in total. The lowest BCUT2D eigenvalue weighted by atomic mass is 10.1. The predicted octanol–water partition coefficient (Wildman–Crippen LogP) is 4.86. The number of amides is 2. The molecule has 42 heavy (non-hydrogen) atoms. The lowest BCUT2D eigenvalue weighted by Crippen LogP contribution is -2.34. The average molecular weight is 576 g/mol. The highest BCUT2D eigenvalue weighted by Gasteiger charge is 2.21.